The summed E-state index contributed by atoms with van der Waals surface area (Å²) >= 11 is 0. The molecule has 0 aliphatic carbocycles. The Kier molecular flexibility index (Phi) is 10.3. The van der Waals surface area contributed by atoms with Gasteiger partial charge in [-0.25, -0.2) is 4.79 Å². The maximum absolute atomic E-state index is 13.1. The molecule has 1 heterocycles. The van der Waals surface area contributed by atoms with Gasteiger partial charge < -0.3 is 19.9 Å². The summed E-state index contributed by atoms with van der Waals surface area (Å²) in [6.07, 6.45) is 1.12. The van der Waals surface area contributed by atoms with Crippen LogP contribution in [0, 0.1) is 17.0 Å². The van der Waals surface area contributed by atoms with Crippen molar-refractivity contribution >= 4 is 17.6 Å². The van der Waals surface area contributed by atoms with Gasteiger partial charge in [0.05, 0.1) is 24.2 Å². The number of hydrogen-bond acceptors (Lipinski definition) is 8. The van der Waals surface area contributed by atoms with Crippen molar-refractivity contribution in [2.45, 2.75) is 64.4 Å². The molecule has 3 aromatic carbocycles. The van der Waals surface area contributed by atoms with Crippen LogP contribution < -0.4 is 10.1 Å². The molecule has 0 spiro atoms. The summed E-state index contributed by atoms with van der Waals surface area (Å²) in [5.41, 5.74) is 4.65. The van der Waals surface area contributed by atoms with Crippen LogP contribution >= 0.6 is 0 Å². The minimum Gasteiger partial charge on any atom is -0.482 e. The molecule has 1 aliphatic heterocycles. The summed E-state index contributed by atoms with van der Waals surface area (Å²) in [5.74, 6) is -0.957. The van der Waals surface area contributed by atoms with Crippen molar-refractivity contribution in [1.29, 1.82) is 0 Å². The number of esters is 1. The second kappa shape index (κ2) is 14.1. The first-order chi connectivity index (χ1) is 20.2. The number of aliphatic hydroxyl groups is 1. The maximum Gasteiger partial charge on any atom is 0.331 e. The third-order valence-electron chi connectivity index (χ3n) is 7.67. The van der Waals surface area contributed by atoms with Crippen LogP contribution in [0.15, 0.2) is 66.7 Å². The Hall–Kier alpha value is -4.28. The van der Waals surface area contributed by atoms with E-state index >= 15 is 0 Å². The van der Waals surface area contributed by atoms with Gasteiger partial charge in [0.25, 0.3) is 0 Å². The molecule has 3 aromatic rings. The van der Waals surface area contributed by atoms with Gasteiger partial charge in [-0.15, -0.1) is 0 Å². The van der Waals surface area contributed by atoms with Gasteiger partial charge in [0, 0.05) is 12.6 Å². The molecule has 1 fully saturated rings. The van der Waals surface area contributed by atoms with Crippen molar-refractivity contribution < 1.29 is 29.1 Å². The van der Waals surface area contributed by atoms with E-state index in [9.17, 15) is 24.8 Å². The Morgan fingerprint density at radius 3 is 2.57 bits per heavy atom. The summed E-state index contributed by atoms with van der Waals surface area (Å²) < 4.78 is 10.7. The Morgan fingerprint density at radius 1 is 1.12 bits per heavy atom. The fourth-order valence-electron chi connectivity index (χ4n) is 5.32. The van der Waals surface area contributed by atoms with Crippen molar-refractivity contribution in [3.63, 3.8) is 0 Å². The molecule has 2 N–H and O–H groups in total. The van der Waals surface area contributed by atoms with Crippen LogP contribution in [-0.4, -0.2) is 58.6 Å². The summed E-state index contributed by atoms with van der Waals surface area (Å²) in [4.78, 5) is 38.7. The number of ether oxygens (including phenoxy) is 2. The molecule has 0 saturated carbocycles. The highest BCUT2D eigenvalue weighted by molar-refractivity contribution is 5.88. The standard InChI is InChI=1S/C32H37N3O7/c1-21-25(12-9-13-26(21)24-10-5-4-6-11-24)20-42-29-16-15-23(18-28(29)35(39)40)19-34-17-8-7-14-27(34)31(37)33-30(22(2)36)32(38)41-3/h4-6,9-13,15-16,18,22,27,30,36H,7-8,14,17,19-20H2,1-3H3,(H,33,37)/t22?,27-,30?/m0/s1. The zero-order chi connectivity index (χ0) is 30.2. The van der Waals surface area contributed by atoms with E-state index in [0.29, 0.717) is 25.1 Å². The molecule has 10 heteroatoms. The van der Waals surface area contributed by atoms with E-state index in [4.69, 9.17) is 9.47 Å². The van der Waals surface area contributed by atoms with Crippen LogP contribution in [0.5, 0.6) is 5.75 Å². The second-order valence-corrected chi connectivity index (χ2v) is 10.5. The van der Waals surface area contributed by atoms with Gasteiger partial charge in [-0.05, 0) is 67.1 Å². The number of nitrogens with zero attached hydrogens (tertiary/aromatic N) is 2. The highest BCUT2D eigenvalue weighted by atomic mass is 16.6. The van der Waals surface area contributed by atoms with Crippen molar-refractivity contribution in [3.8, 4) is 16.9 Å². The average Bonchev–Trinajstić information content (AvgIpc) is 2.99. The van der Waals surface area contributed by atoms with Gasteiger partial charge in [0.15, 0.2) is 11.8 Å². The van der Waals surface area contributed by atoms with Crippen LogP contribution in [-0.2, 0) is 27.5 Å². The highest BCUT2D eigenvalue weighted by Crippen LogP contribution is 2.32. The molecule has 222 valence electrons. The summed E-state index contributed by atoms with van der Waals surface area (Å²) in [5, 5.41) is 24.6. The number of hydrogen-bond donors (Lipinski definition) is 2. The lowest BCUT2D eigenvalue weighted by Crippen LogP contribution is -2.55. The molecule has 0 aromatic heterocycles. The third kappa shape index (κ3) is 7.32. The number of rotatable bonds is 11. The largest absolute Gasteiger partial charge is 0.482 e. The van der Waals surface area contributed by atoms with Gasteiger partial charge in [0.1, 0.15) is 6.61 Å². The normalized spacial score (nSPS) is 16.7. The minimum absolute atomic E-state index is 0.151. The zero-order valence-corrected chi connectivity index (χ0v) is 24.1. The Balaban J connectivity index is 1.48. The number of aliphatic hydroxyl groups excluding tert-OH is 1. The third-order valence-corrected chi connectivity index (χ3v) is 7.67. The highest BCUT2D eigenvalue weighted by Gasteiger charge is 2.34. The Morgan fingerprint density at radius 2 is 1.88 bits per heavy atom. The number of carbonyl (C=O) groups is 2. The van der Waals surface area contributed by atoms with E-state index in [1.807, 2.05) is 60.4 Å². The van der Waals surface area contributed by atoms with E-state index < -0.39 is 35.0 Å². The summed E-state index contributed by atoms with van der Waals surface area (Å²) in [7, 11) is 1.19. The SMILES string of the molecule is COC(=O)C(NC(=O)[C@@H]1CCCCN1Cc1ccc(OCc2cccc(-c3ccccc3)c2C)c([N+](=O)[O-])c1)C(C)O. The molecule has 2 unspecified atom stereocenters. The first-order valence-corrected chi connectivity index (χ1v) is 14.0. The lowest BCUT2D eigenvalue weighted by atomic mass is 9.97. The number of nitrogens with one attached hydrogen (secondary N) is 1. The molecule has 1 aliphatic rings. The molecule has 42 heavy (non-hydrogen) atoms. The van der Waals surface area contributed by atoms with Crippen molar-refractivity contribution in [2.24, 2.45) is 0 Å². The van der Waals surface area contributed by atoms with Gasteiger partial charge >= 0.3 is 11.7 Å². The average molecular weight is 576 g/mol. The predicted octanol–water partition coefficient (Wildman–Crippen LogP) is 4.54. The summed E-state index contributed by atoms with van der Waals surface area (Å²) in [6.45, 7) is 4.50. The number of amides is 1. The van der Waals surface area contributed by atoms with E-state index in [-0.39, 0.29) is 18.0 Å². The topological polar surface area (TPSA) is 131 Å². The summed E-state index contributed by atoms with van der Waals surface area (Å²) in [6, 6.07) is 19.1. The van der Waals surface area contributed by atoms with Gasteiger partial charge in [-0.3, -0.25) is 19.8 Å². The monoisotopic (exact) mass is 575 g/mol. The number of methoxy groups -OCH3 is 1. The van der Waals surface area contributed by atoms with Crippen LogP contribution in [0.3, 0.4) is 0 Å². The molecule has 3 atom stereocenters. The van der Waals surface area contributed by atoms with Gasteiger partial charge in [-0.2, -0.15) is 0 Å². The predicted molar refractivity (Wildman–Crippen MR) is 158 cm³/mol. The molecule has 0 radical (unpaired) electrons. The fraction of sp³-hybridized carbons (Fsp3) is 0.375. The maximum atomic E-state index is 13.1. The van der Waals surface area contributed by atoms with Crippen molar-refractivity contribution in [2.75, 3.05) is 13.7 Å². The van der Waals surface area contributed by atoms with Crippen LogP contribution in [0.2, 0.25) is 0 Å². The van der Waals surface area contributed by atoms with Crippen LogP contribution in [0.1, 0.15) is 42.9 Å². The Bertz CT molecular complexity index is 1410. The smallest absolute Gasteiger partial charge is 0.331 e. The quantitative estimate of drug-likeness (QED) is 0.194. The molecule has 1 saturated heterocycles. The van der Waals surface area contributed by atoms with E-state index in [0.717, 1.165) is 35.1 Å². The number of piperidine rings is 1. The molecule has 1 amide bonds. The fourth-order valence-corrected chi connectivity index (χ4v) is 5.32. The van der Waals surface area contributed by atoms with Crippen LogP contribution in [0.25, 0.3) is 11.1 Å². The number of benzene rings is 3. The lowest BCUT2D eigenvalue weighted by molar-refractivity contribution is -0.386. The number of nitro groups is 1. The number of nitro benzene ring substituents is 1. The molecule has 0 bridgehead atoms. The number of carbonyl (C=O) groups excluding carboxylic acids is 2. The Labute approximate surface area is 245 Å². The zero-order valence-electron chi connectivity index (χ0n) is 24.1. The van der Waals surface area contributed by atoms with Crippen molar-refractivity contribution in [3.05, 3.63) is 93.5 Å². The van der Waals surface area contributed by atoms with E-state index in [2.05, 4.69) is 5.32 Å². The molecular formula is C32H37N3O7. The second-order valence-electron chi connectivity index (χ2n) is 10.5. The number of likely N-dealkylation sites (tertiary alicyclic amines) is 1. The van der Waals surface area contributed by atoms with Crippen LogP contribution in [0.4, 0.5) is 5.69 Å². The van der Waals surface area contributed by atoms with E-state index in [1.54, 1.807) is 12.1 Å². The van der Waals surface area contributed by atoms with E-state index in [1.165, 1.54) is 20.1 Å². The first kappa shape index (κ1) is 30.7. The van der Waals surface area contributed by atoms with Gasteiger partial charge in [-0.1, -0.05) is 61.0 Å². The molecule has 4 rings (SSSR count). The first-order valence-electron chi connectivity index (χ1n) is 14.0. The molecule has 10 nitrogen and oxygen atoms in total. The molecular weight excluding hydrogens is 538 g/mol. The minimum atomic E-state index is -1.18. The lowest BCUT2D eigenvalue weighted by Gasteiger charge is -2.35. The van der Waals surface area contributed by atoms with Crippen molar-refractivity contribution in [1.82, 2.24) is 10.2 Å². The van der Waals surface area contributed by atoms with Gasteiger partial charge in [0.2, 0.25) is 5.91 Å².